The molecule has 0 aliphatic carbocycles. The van der Waals surface area contributed by atoms with Crippen LogP contribution in [0.25, 0.3) is 10.2 Å². The van der Waals surface area contributed by atoms with E-state index in [1.54, 1.807) is 13.8 Å². The van der Waals surface area contributed by atoms with Crippen LogP contribution in [0.4, 0.5) is 5.69 Å². The van der Waals surface area contributed by atoms with Gasteiger partial charge in [0.25, 0.3) is 11.6 Å². The number of carbonyl (C=O) groups is 2. The van der Waals surface area contributed by atoms with Crippen molar-refractivity contribution in [1.29, 1.82) is 0 Å². The lowest BCUT2D eigenvalue weighted by molar-refractivity contribution is -0.384. The zero-order valence-electron chi connectivity index (χ0n) is 20.7. The van der Waals surface area contributed by atoms with Crippen molar-refractivity contribution in [3.63, 3.8) is 0 Å². The number of nitro benzene ring substituents is 1. The summed E-state index contributed by atoms with van der Waals surface area (Å²) in [5.74, 6) is -1.23. The summed E-state index contributed by atoms with van der Waals surface area (Å²) in [6, 6.07) is 9.69. The van der Waals surface area contributed by atoms with Crippen molar-refractivity contribution in [3.05, 3.63) is 62.9 Å². The Bertz CT molecular complexity index is 1470. The number of ether oxygens (including phenoxy) is 1. The molecule has 2 aromatic carbocycles. The fraction of sp³-hybridized carbons (Fsp3) is 0.375. The van der Waals surface area contributed by atoms with Crippen LogP contribution in [-0.4, -0.2) is 53.8 Å². The molecule has 0 atom stereocenters. The number of hydrogen-bond acceptors (Lipinski definition) is 8. The predicted molar refractivity (Wildman–Crippen MR) is 139 cm³/mol. The Labute approximate surface area is 218 Å². The molecule has 0 saturated carbocycles. The topological polar surface area (TPSA) is 141 Å². The lowest BCUT2D eigenvalue weighted by Crippen LogP contribution is -2.31. The van der Waals surface area contributed by atoms with E-state index >= 15 is 0 Å². The first-order valence-electron chi connectivity index (χ1n) is 11.7. The van der Waals surface area contributed by atoms with E-state index in [4.69, 9.17) is 4.74 Å². The number of amides is 1. The maximum Gasteiger partial charge on any atom is 0.326 e. The van der Waals surface area contributed by atoms with Crippen LogP contribution in [0.2, 0.25) is 0 Å². The number of non-ortho nitro benzene ring substituents is 1. The Morgan fingerprint density at radius 3 is 2.43 bits per heavy atom. The Morgan fingerprint density at radius 1 is 1.14 bits per heavy atom. The predicted octanol–water partition coefficient (Wildman–Crippen LogP) is 3.73. The zero-order valence-corrected chi connectivity index (χ0v) is 22.4. The molecule has 11 nitrogen and oxygen atoms in total. The maximum atomic E-state index is 13.0. The normalized spacial score (nSPS) is 12.3. The molecule has 0 N–H and O–H groups in total. The van der Waals surface area contributed by atoms with Gasteiger partial charge >= 0.3 is 5.97 Å². The summed E-state index contributed by atoms with van der Waals surface area (Å²) < 4.78 is 34.3. The molecule has 37 heavy (non-hydrogen) atoms. The van der Waals surface area contributed by atoms with E-state index in [1.807, 2.05) is 6.92 Å². The molecule has 0 aliphatic rings. The van der Waals surface area contributed by atoms with Crippen molar-refractivity contribution in [3.8, 4) is 0 Å². The summed E-state index contributed by atoms with van der Waals surface area (Å²) in [6.45, 7) is 6.02. The Hall–Kier alpha value is -3.42. The minimum Gasteiger partial charge on any atom is -0.465 e. The van der Waals surface area contributed by atoms with E-state index in [1.165, 1.54) is 51.3 Å². The fourth-order valence-electron chi connectivity index (χ4n) is 3.60. The van der Waals surface area contributed by atoms with Crippen LogP contribution in [0, 0.1) is 10.1 Å². The van der Waals surface area contributed by atoms with E-state index in [0.717, 1.165) is 24.2 Å². The molecule has 0 bridgehead atoms. The third-order valence-electron chi connectivity index (χ3n) is 5.52. The van der Waals surface area contributed by atoms with E-state index in [2.05, 4.69) is 4.99 Å². The SMILES string of the molecule is CCCCN(CC)S(=O)(=O)c1ccc(C(=O)N=c2sc3ccc([N+](=O)[O-])cc3n2CC(=O)OCC)cc1. The van der Waals surface area contributed by atoms with Crippen molar-refractivity contribution in [2.24, 2.45) is 4.99 Å². The Kier molecular flexibility index (Phi) is 9.29. The lowest BCUT2D eigenvalue weighted by atomic mass is 10.2. The van der Waals surface area contributed by atoms with Crippen LogP contribution < -0.4 is 4.80 Å². The summed E-state index contributed by atoms with van der Waals surface area (Å²) in [4.78, 5) is 40.2. The van der Waals surface area contributed by atoms with Gasteiger partial charge in [0.2, 0.25) is 10.0 Å². The summed E-state index contributed by atoms with van der Waals surface area (Å²) >= 11 is 1.09. The third kappa shape index (κ3) is 6.48. The molecule has 0 aliphatic heterocycles. The number of fused-ring (bicyclic) bond motifs is 1. The average Bonchev–Trinajstić information content (AvgIpc) is 3.20. The standard InChI is InChI=1S/C24H28N4O7S2/c1-4-7-14-26(5-2)37(33,34)19-11-8-17(9-12-19)23(30)25-24-27(16-22(29)35-6-3)20-15-18(28(31)32)10-13-21(20)36-24/h8-13,15H,4-7,14,16H2,1-3H3. The van der Waals surface area contributed by atoms with Gasteiger partial charge in [-0.25, -0.2) is 8.42 Å². The van der Waals surface area contributed by atoms with Crippen LogP contribution >= 0.6 is 11.3 Å². The van der Waals surface area contributed by atoms with Gasteiger partial charge in [-0.05, 0) is 43.7 Å². The van der Waals surface area contributed by atoms with Crippen molar-refractivity contribution in [1.82, 2.24) is 8.87 Å². The highest BCUT2D eigenvalue weighted by Gasteiger charge is 2.23. The number of hydrogen-bond donors (Lipinski definition) is 0. The van der Waals surface area contributed by atoms with Gasteiger partial charge in [-0.15, -0.1) is 0 Å². The second-order valence-corrected chi connectivity index (χ2v) is 10.9. The van der Waals surface area contributed by atoms with Crippen molar-refractivity contribution in [2.45, 2.75) is 45.1 Å². The van der Waals surface area contributed by atoms with Gasteiger partial charge < -0.3 is 9.30 Å². The second-order valence-electron chi connectivity index (χ2n) is 7.98. The number of sulfonamides is 1. The largest absolute Gasteiger partial charge is 0.465 e. The maximum absolute atomic E-state index is 13.0. The second kappa shape index (κ2) is 12.2. The number of unbranched alkanes of at least 4 members (excludes halogenated alkanes) is 1. The van der Waals surface area contributed by atoms with Crippen LogP contribution in [-0.2, 0) is 26.1 Å². The first kappa shape index (κ1) is 28.2. The third-order valence-corrected chi connectivity index (χ3v) is 8.57. The molecule has 0 spiro atoms. The van der Waals surface area contributed by atoms with E-state index in [9.17, 15) is 28.1 Å². The summed E-state index contributed by atoms with van der Waals surface area (Å²) in [5, 5.41) is 11.2. The van der Waals surface area contributed by atoms with Crippen LogP contribution in [0.3, 0.4) is 0 Å². The Morgan fingerprint density at radius 2 is 1.84 bits per heavy atom. The van der Waals surface area contributed by atoms with Crippen LogP contribution in [0.1, 0.15) is 44.0 Å². The summed E-state index contributed by atoms with van der Waals surface area (Å²) in [7, 11) is -3.70. The number of rotatable bonds is 11. The average molecular weight is 549 g/mol. The van der Waals surface area contributed by atoms with Gasteiger partial charge in [-0.1, -0.05) is 31.6 Å². The van der Waals surface area contributed by atoms with Gasteiger partial charge in [0.05, 0.1) is 26.6 Å². The van der Waals surface area contributed by atoms with Crippen LogP contribution in [0.15, 0.2) is 52.4 Å². The van der Waals surface area contributed by atoms with Gasteiger partial charge in [-0.3, -0.25) is 19.7 Å². The molecule has 0 radical (unpaired) electrons. The number of esters is 1. The lowest BCUT2D eigenvalue weighted by Gasteiger charge is -2.20. The van der Waals surface area contributed by atoms with Crippen molar-refractivity contribution >= 4 is 49.1 Å². The van der Waals surface area contributed by atoms with Crippen molar-refractivity contribution in [2.75, 3.05) is 19.7 Å². The van der Waals surface area contributed by atoms with Crippen LogP contribution in [0.5, 0.6) is 0 Å². The molecule has 3 rings (SSSR count). The molecule has 0 unspecified atom stereocenters. The Balaban J connectivity index is 1.99. The molecule has 198 valence electrons. The van der Waals surface area contributed by atoms with E-state index in [0.29, 0.717) is 23.3 Å². The quantitative estimate of drug-likeness (QED) is 0.202. The molecular formula is C24H28N4O7S2. The van der Waals surface area contributed by atoms with Gasteiger partial charge in [0.15, 0.2) is 4.80 Å². The van der Waals surface area contributed by atoms with Gasteiger partial charge in [0, 0.05) is 30.8 Å². The van der Waals surface area contributed by atoms with E-state index < -0.39 is 26.8 Å². The van der Waals surface area contributed by atoms with Gasteiger partial charge in [0.1, 0.15) is 6.54 Å². The number of nitrogens with zero attached hydrogens (tertiary/aromatic N) is 4. The molecule has 3 aromatic rings. The molecule has 0 saturated heterocycles. The molecule has 13 heteroatoms. The molecule has 1 amide bonds. The van der Waals surface area contributed by atoms with Crippen molar-refractivity contribution < 1.29 is 27.7 Å². The summed E-state index contributed by atoms with van der Waals surface area (Å²) in [5.41, 5.74) is 0.353. The monoisotopic (exact) mass is 548 g/mol. The number of nitro groups is 1. The molecule has 0 fully saturated rings. The fourth-order valence-corrected chi connectivity index (χ4v) is 6.09. The number of aromatic nitrogens is 1. The van der Waals surface area contributed by atoms with E-state index in [-0.39, 0.29) is 34.1 Å². The summed E-state index contributed by atoms with van der Waals surface area (Å²) in [6.07, 6.45) is 1.61. The molecule has 1 heterocycles. The molecular weight excluding hydrogens is 520 g/mol. The minimum absolute atomic E-state index is 0.0774. The highest BCUT2D eigenvalue weighted by atomic mass is 32.2. The first-order chi connectivity index (χ1) is 17.6. The van der Waals surface area contributed by atoms with Gasteiger partial charge in [-0.2, -0.15) is 9.30 Å². The minimum atomic E-state index is -3.70. The first-order valence-corrected chi connectivity index (χ1v) is 14.0. The highest BCUT2D eigenvalue weighted by molar-refractivity contribution is 7.89. The smallest absolute Gasteiger partial charge is 0.326 e. The molecule has 1 aromatic heterocycles. The number of thiazole rings is 1. The highest BCUT2D eigenvalue weighted by Crippen LogP contribution is 2.23. The number of benzene rings is 2. The number of carbonyl (C=O) groups excluding carboxylic acids is 2. The zero-order chi connectivity index (χ0) is 27.2.